The second-order valence-electron chi connectivity index (χ2n) is 7.48. The van der Waals surface area contributed by atoms with E-state index in [2.05, 4.69) is 10.6 Å². The number of ether oxygens (including phenoxy) is 1. The number of nitrogens with zero attached hydrogens (tertiary/aromatic N) is 2. The normalized spacial score (nSPS) is 23.4. The quantitative estimate of drug-likeness (QED) is 0.726. The fourth-order valence-corrected chi connectivity index (χ4v) is 4.64. The first-order chi connectivity index (χ1) is 13.2. The molecule has 2 heterocycles. The first-order valence-corrected chi connectivity index (χ1v) is 10.9. The van der Waals surface area contributed by atoms with Crippen molar-refractivity contribution in [2.24, 2.45) is 5.41 Å². The molecule has 2 aliphatic rings. The molecule has 0 aliphatic carbocycles. The van der Waals surface area contributed by atoms with Crippen LogP contribution in [0.3, 0.4) is 0 Å². The molecule has 3 rings (SSSR count). The summed E-state index contributed by atoms with van der Waals surface area (Å²) < 4.78 is 30.7. The first-order valence-electron chi connectivity index (χ1n) is 9.08. The predicted molar refractivity (Wildman–Crippen MR) is 103 cm³/mol. The Morgan fingerprint density at radius 1 is 1.32 bits per heavy atom. The molecule has 0 saturated carbocycles. The summed E-state index contributed by atoms with van der Waals surface area (Å²) in [6.45, 7) is 1.71. The molecular formula is C18H26N4O5S. The highest BCUT2D eigenvalue weighted by atomic mass is 32.2. The van der Waals surface area contributed by atoms with Gasteiger partial charge >= 0.3 is 6.03 Å². The van der Waals surface area contributed by atoms with Crippen LogP contribution in [0.2, 0.25) is 0 Å². The highest BCUT2D eigenvalue weighted by Gasteiger charge is 2.45. The van der Waals surface area contributed by atoms with Crippen molar-refractivity contribution in [3.05, 3.63) is 29.8 Å². The SMILES string of the molecule is COc1cccc(CNC(=O)N2CCN(S(C)(=O)=O)CC3(CNC(=O)C3)C2)c1. The molecule has 2 N–H and O–H groups in total. The van der Waals surface area contributed by atoms with Crippen LogP contribution in [0.5, 0.6) is 5.75 Å². The molecule has 3 amide bonds. The minimum absolute atomic E-state index is 0.118. The van der Waals surface area contributed by atoms with Gasteiger partial charge in [0.05, 0.1) is 13.4 Å². The van der Waals surface area contributed by atoms with Gasteiger partial charge in [0.2, 0.25) is 15.9 Å². The molecule has 1 aromatic carbocycles. The van der Waals surface area contributed by atoms with Crippen molar-refractivity contribution < 1.29 is 22.7 Å². The number of benzene rings is 1. The van der Waals surface area contributed by atoms with Gasteiger partial charge < -0.3 is 20.3 Å². The van der Waals surface area contributed by atoms with Crippen LogP contribution in [0.15, 0.2) is 24.3 Å². The summed E-state index contributed by atoms with van der Waals surface area (Å²) in [5.74, 6) is 0.590. The number of nitrogens with one attached hydrogen (secondary N) is 2. The minimum atomic E-state index is -3.42. The summed E-state index contributed by atoms with van der Waals surface area (Å²) in [5.41, 5.74) is 0.289. The van der Waals surface area contributed by atoms with Crippen molar-refractivity contribution in [3.8, 4) is 5.75 Å². The lowest BCUT2D eigenvalue weighted by Gasteiger charge is -2.32. The van der Waals surface area contributed by atoms with Crippen LogP contribution < -0.4 is 15.4 Å². The van der Waals surface area contributed by atoms with Crippen molar-refractivity contribution in [1.29, 1.82) is 0 Å². The molecule has 1 atom stereocenters. The molecular weight excluding hydrogens is 384 g/mol. The van der Waals surface area contributed by atoms with Gasteiger partial charge in [-0.05, 0) is 17.7 Å². The van der Waals surface area contributed by atoms with Crippen molar-refractivity contribution in [2.45, 2.75) is 13.0 Å². The summed E-state index contributed by atoms with van der Waals surface area (Å²) >= 11 is 0. The monoisotopic (exact) mass is 410 g/mol. The van der Waals surface area contributed by atoms with E-state index in [4.69, 9.17) is 4.74 Å². The fraction of sp³-hybridized carbons (Fsp3) is 0.556. The standard InChI is InChI=1S/C18H26N4O5S/c1-27-15-5-3-4-14(8-15)10-19-17(24)21-6-7-22(28(2,25)26)13-18(12-21)9-16(23)20-11-18/h3-5,8H,6-7,9-13H2,1-2H3,(H,19,24)(H,20,23). The highest BCUT2D eigenvalue weighted by molar-refractivity contribution is 7.88. The van der Waals surface area contributed by atoms with Crippen LogP contribution in [-0.4, -0.2) is 75.7 Å². The number of amides is 3. The van der Waals surface area contributed by atoms with Crippen molar-refractivity contribution in [2.75, 3.05) is 46.1 Å². The lowest BCUT2D eigenvalue weighted by Crippen LogP contribution is -2.47. The summed E-state index contributed by atoms with van der Waals surface area (Å²) in [7, 11) is -1.84. The fourth-order valence-electron chi connectivity index (χ4n) is 3.72. The van der Waals surface area contributed by atoms with Crippen LogP contribution in [0.1, 0.15) is 12.0 Å². The highest BCUT2D eigenvalue weighted by Crippen LogP contribution is 2.31. The molecule has 10 heteroatoms. The average molecular weight is 410 g/mol. The van der Waals surface area contributed by atoms with Crippen LogP contribution >= 0.6 is 0 Å². The summed E-state index contributed by atoms with van der Waals surface area (Å²) in [6.07, 6.45) is 1.36. The third kappa shape index (κ3) is 4.74. The number of carbonyl (C=O) groups excluding carboxylic acids is 2. The maximum Gasteiger partial charge on any atom is 0.317 e. The predicted octanol–water partition coefficient (Wildman–Crippen LogP) is -0.0117. The average Bonchev–Trinajstić information content (AvgIpc) is 2.89. The van der Waals surface area contributed by atoms with Gasteiger partial charge in [-0.3, -0.25) is 4.79 Å². The van der Waals surface area contributed by atoms with E-state index in [1.165, 1.54) is 4.31 Å². The molecule has 1 aromatic rings. The second kappa shape index (κ2) is 7.96. The molecule has 1 spiro atoms. The van der Waals surface area contributed by atoms with E-state index in [1.807, 2.05) is 24.3 Å². The van der Waals surface area contributed by atoms with Gasteiger partial charge in [-0.25, -0.2) is 13.2 Å². The Balaban J connectivity index is 1.71. The molecule has 0 radical (unpaired) electrons. The zero-order valence-electron chi connectivity index (χ0n) is 16.1. The second-order valence-corrected chi connectivity index (χ2v) is 9.46. The molecule has 2 saturated heterocycles. The smallest absolute Gasteiger partial charge is 0.317 e. The third-order valence-electron chi connectivity index (χ3n) is 5.19. The number of hydrogen-bond acceptors (Lipinski definition) is 5. The largest absolute Gasteiger partial charge is 0.497 e. The Bertz CT molecular complexity index is 859. The maximum atomic E-state index is 12.8. The minimum Gasteiger partial charge on any atom is -0.497 e. The lowest BCUT2D eigenvalue weighted by atomic mass is 9.86. The Kier molecular flexibility index (Phi) is 5.80. The Labute approximate surface area is 165 Å². The van der Waals surface area contributed by atoms with E-state index in [0.29, 0.717) is 25.4 Å². The number of methoxy groups -OCH3 is 1. The van der Waals surface area contributed by atoms with Gasteiger partial charge in [-0.1, -0.05) is 12.1 Å². The van der Waals surface area contributed by atoms with E-state index in [1.54, 1.807) is 12.0 Å². The number of sulfonamides is 1. The molecule has 9 nitrogen and oxygen atoms in total. The Morgan fingerprint density at radius 3 is 2.75 bits per heavy atom. The Hall–Kier alpha value is -2.33. The van der Waals surface area contributed by atoms with E-state index < -0.39 is 15.4 Å². The summed E-state index contributed by atoms with van der Waals surface area (Å²) in [6, 6.07) is 7.12. The zero-order chi connectivity index (χ0) is 20.4. The van der Waals surface area contributed by atoms with Gasteiger partial charge in [0.1, 0.15) is 5.75 Å². The number of urea groups is 1. The van der Waals surface area contributed by atoms with Gasteiger partial charge in [-0.15, -0.1) is 0 Å². The van der Waals surface area contributed by atoms with Crippen LogP contribution in [0.25, 0.3) is 0 Å². The topological polar surface area (TPSA) is 108 Å². The molecule has 28 heavy (non-hydrogen) atoms. The van der Waals surface area contributed by atoms with Crippen molar-refractivity contribution in [3.63, 3.8) is 0 Å². The number of carbonyl (C=O) groups is 2. The molecule has 2 aliphatic heterocycles. The van der Waals surface area contributed by atoms with E-state index >= 15 is 0 Å². The maximum absolute atomic E-state index is 12.8. The van der Waals surface area contributed by atoms with E-state index in [0.717, 1.165) is 11.8 Å². The van der Waals surface area contributed by atoms with Crippen LogP contribution in [0.4, 0.5) is 4.79 Å². The van der Waals surface area contributed by atoms with Crippen molar-refractivity contribution >= 4 is 22.0 Å². The van der Waals surface area contributed by atoms with Crippen LogP contribution in [0, 0.1) is 5.41 Å². The van der Waals surface area contributed by atoms with Crippen molar-refractivity contribution in [1.82, 2.24) is 19.8 Å². The number of hydrogen-bond donors (Lipinski definition) is 2. The summed E-state index contributed by atoms with van der Waals surface area (Å²) in [5, 5.41) is 5.65. The number of rotatable bonds is 4. The van der Waals surface area contributed by atoms with Gasteiger partial charge in [0.15, 0.2) is 0 Å². The molecule has 154 valence electrons. The molecule has 0 bridgehead atoms. The molecule has 0 aromatic heterocycles. The zero-order valence-corrected chi connectivity index (χ0v) is 16.9. The van der Waals surface area contributed by atoms with E-state index in [-0.39, 0.29) is 38.0 Å². The van der Waals surface area contributed by atoms with Gasteiger partial charge in [0, 0.05) is 51.1 Å². The first kappa shape index (κ1) is 20.4. The third-order valence-corrected chi connectivity index (χ3v) is 6.44. The Morgan fingerprint density at radius 2 is 2.11 bits per heavy atom. The lowest BCUT2D eigenvalue weighted by molar-refractivity contribution is -0.119. The summed E-state index contributed by atoms with van der Waals surface area (Å²) in [4.78, 5) is 26.2. The molecule has 2 fully saturated rings. The van der Waals surface area contributed by atoms with Gasteiger partial charge in [0.25, 0.3) is 0 Å². The van der Waals surface area contributed by atoms with Gasteiger partial charge in [-0.2, -0.15) is 4.31 Å². The van der Waals surface area contributed by atoms with Crippen LogP contribution in [-0.2, 0) is 21.4 Å². The molecule has 1 unspecified atom stereocenters. The van der Waals surface area contributed by atoms with E-state index in [9.17, 15) is 18.0 Å².